The maximum atomic E-state index is 11.4. The minimum absolute atomic E-state index is 0. The van der Waals surface area contributed by atoms with E-state index in [2.05, 4.69) is 13.8 Å². The van der Waals surface area contributed by atoms with E-state index in [0.717, 1.165) is 19.3 Å². The number of hydrogen-bond donors (Lipinski definition) is 0. The van der Waals surface area contributed by atoms with E-state index in [1.165, 1.54) is 89.9 Å². The molecule has 0 heterocycles. The molecule has 0 N–H and O–H groups in total. The van der Waals surface area contributed by atoms with Gasteiger partial charge in [-0.2, -0.15) is 0 Å². The molecular weight excluding hydrogens is 321 g/mol. The van der Waals surface area contributed by atoms with Crippen LogP contribution in [0.15, 0.2) is 0 Å². The summed E-state index contributed by atoms with van der Waals surface area (Å²) in [6.45, 7) is 5.00. The zero-order valence-corrected chi connectivity index (χ0v) is 18.9. The molecule has 0 aliphatic rings. The number of rotatable bonds is 19. The van der Waals surface area contributed by atoms with Gasteiger partial charge in [-0.1, -0.05) is 110 Å². The van der Waals surface area contributed by atoms with E-state index in [0.29, 0.717) is 13.0 Å². The standard InChI is InChI=1S/C22H44O2.Mg.2H/c1-3-5-7-8-9-10-11-12-13-14-15-16-17-18-19-20-22(23)24-21-6-4-2;;;/h3-21H2,1-2H3;;;/q;+2;2*-1. The van der Waals surface area contributed by atoms with Crippen LogP contribution < -0.4 is 0 Å². The first-order valence-electron chi connectivity index (χ1n) is 11.0. The van der Waals surface area contributed by atoms with Crippen LogP contribution in [0.3, 0.4) is 0 Å². The van der Waals surface area contributed by atoms with Crippen molar-refractivity contribution in [2.75, 3.05) is 6.61 Å². The van der Waals surface area contributed by atoms with Crippen molar-refractivity contribution in [2.45, 2.75) is 129 Å². The number of esters is 1. The molecule has 0 aliphatic heterocycles. The van der Waals surface area contributed by atoms with Crippen molar-refractivity contribution >= 4 is 29.0 Å². The molecule has 0 radical (unpaired) electrons. The first-order chi connectivity index (χ1) is 11.8. The van der Waals surface area contributed by atoms with E-state index >= 15 is 0 Å². The summed E-state index contributed by atoms with van der Waals surface area (Å²) >= 11 is 0. The van der Waals surface area contributed by atoms with Crippen molar-refractivity contribution in [2.24, 2.45) is 0 Å². The molecule has 0 amide bonds. The van der Waals surface area contributed by atoms with Crippen LogP contribution >= 0.6 is 0 Å². The first kappa shape index (κ1) is 27.5. The van der Waals surface area contributed by atoms with Crippen LogP contribution in [-0.2, 0) is 9.53 Å². The summed E-state index contributed by atoms with van der Waals surface area (Å²) in [6.07, 6.45) is 23.1. The van der Waals surface area contributed by atoms with Crippen molar-refractivity contribution in [3.05, 3.63) is 0 Å². The molecule has 0 spiro atoms. The van der Waals surface area contributed by atoms with E-state index in [1.54, 1.807) is 0 Å². The molecule has 0 saturated heterocycles. The molecule has 0 aromatic heterocycles. The Balaban J connectivity index is -0.000000882. The van der Waals surface area contributed by atoms with Gasteiger partial charge in [0.2, 0.25) is 0 Å². The number of carbonyl (C=O) groups is 1. The van der Waals surface area contributed by atoms with Crippen LogP contribution in [0.25, 0.3) is 0 Å². The van der Waals surface area contributed by atoms with Gasteiger partial charge in [0.15, 0.2) is 0 Å². The fourth-order valence-electron chi connectivity index (χ4n) is 3.04. The molecule has 0 aliphatic carbocycles. The molecule has 0 aromatic rings. The summed E-state index contributed by atoms with van der Waals surface area (Å²) in [7, 11) is 0. The third kappa shape index (κ3) is 24.2. The van der Waals surface area contributed by atoms with E-state index in [9.17, 15) is 4.79 Å². The van der Waals surface area contributed by atoms with E-state index in [4.69, 9.17) is 4.74 Å². The molecule has 2 nitrogen and oxygen atoms in total. The Kier molecular flexibility index (Phi) is 26.6. The van der Waals surface area contributed by atoms with Gasteiger partial charge in [0, 0.05) is 6.42 Å². The maximum absolute atomic E-state index is 11.4. The van der Waals surface area contributed by atoms with E-state index in [1.807, 2.05) is 0 Å². The minimum Gasteiger partial charge on any atom is -1.00 e. The summed E-state index contributed by atoms with van der Waals surface area (Å²) in [5.74, 6) is -0.00172. The Morgan fingerprint density at radius 3 is 1.36 bits per heavy atom. The molecule has 0 bridgehead atoms. The van der Waals surface area contributed by atoms with E-state index in [-0.39, 0.29) is 31.9 Å². The van der Waals surface area contributed by atoms with Gasteiger partial charge >= 0.3 is 29.0 Å². The summed E-state index contributed by atoms with van der Waals surface area (Å²) in [5.41, 5.74) is 0. The molecule has 0 unspecified atom stereocenters. The molecule has 3 heteroatoms. The van der Waals surface area contributed by atoms with Crippen molar-refractivity contribution in [3.8, 4) is 0 Å². The third-order valence-electron chi connectivity index (χ3n) is 4.75. The normalized spacial score (nSPS) is 10.5. The zero-order chi connectivity index (χ0) is 17.7. The second-order valence-electron chi connectivity index (χ2n) is 7.27. The van der Waals surface area contributed by atoms with Gasteiger partial charge in [0.1, 0.15) is 0 Å². The van der Waals surface area contributed by atoms with E-state index < -0.39 is 0 Å². The average Bonchev–Trinajstić information content (AvgIpc) is 2.58. The summed E-state index contributed by atoms with van der Waals surface area (Å²) in [4.78, 5) is 11.4. The maximum Gasteiger partial charge on any atom is 2.00 e. The van der Waals surface area contributed by atoms with Crippen LogP contribution in [0.1, 0.15) is 132 Å². The summed E-state index contributed by atoms with van der Waals surface area (Å²) in [6, 6.07) is 0. The van der Waals surface area contributed by atoms with Crippen LogP contribution in [0.4, 0.5) is 0 Å². The molecule has 0 fully saturated rings. The predicted molar refractivity (Wildman–Crippen MR) is 113 cm³/mol. The predicted octanol–water partition coefficient (Wildman–Crippen LogP) is 7.44. The van der Waals surface area contributed by atoms with Crippen LogP contribution in [-0.4, -0.2) is 35.6 Å². The molecule has 148 valence electrons. The number of ether oxygens (including phenoxy) is 1. The topological polar surface area (TPSA) is 26.3 Å². The Morgan fingerprint density at radius 1 is 0.600 bits per heavy atom. The molecule has 0 aromatic carbocycles. The van der Waals surface area contributed by atoms with Crippen LogP contribution in [0, 0.1) is 0 Å². The van der Waals surface area contributed by atoms with Crippen LogP contribution in [0.2, 0.25) is 0 Å². The second kappa shape index (κ2) is 24.2. The van der Waals surface area contributed by atoms with Gasteiger partial charge in [-0.3, -0.25) is 4.79 Å². The third-order valence-corrected chi connectivity index (χ3v) is 4.75. The fraction of sp³-hybridized carbons (Fsp3) is 0.955. The van der Waals surface area contributed by atoms with Gasteiger partial charge in [-0.15, -0.1) is 0 Å². The van der Waals surface area contributed by atoms with Gasteiger partial charge in [0.25, 0.3) is 0 Å². The molecule has 25 heavy (non-hydrogen) atoms. The smallest absolute Gasteiger partial charge is 1.00 e. The van der Waals surface area contributed by atoms with Crippen molar-refractivity contribution < 1.29 is 12.4 Å². The monoisotopic (exact) mass is 366 g/mol. The molecular formula is C22H46MgO2. The number of hydrogen-bond acceptors (Lipinski definition) is 2. The number of carbonyl (C=O) groups excluding carboxylic acids is 1. The Labute approximate surface area is 177 Å². The molecule has 0 atom stereocenters. The second-order valence-corrected chi connectivity index (χ2v) is 7.27. The Hall–Kier alpha value is 0.236. The minimum atomic E-state index is -0.00172. The Morgan fingerprint density at radius 2 is 0.960 bits per heavy atom. The van der Waals surface area contributed by atoms with Crippen LogP contribution in [0.5, 0.6) is 0 Å². The van der Waals surface area contributed by atoms with Gasteiger partial charge in [-0.05, 0) is 12.8 Å². The fourth-order valence-corrected chi connectivity index (χ4v) is 3.04. The van der Waals surface area contributed by atoms with Gasteiger partial charge in [0.05, 0.1) is 6.61 Å². The molecule has 0 rings (SSSR count). The Bertz CT molecular complexity index is 267. The zero-order valence-electron chi connectivity index (χ0n) is 19.5. The average molecular weight is 367 g/mol. The SMILES string of the molecule is CCCCCCCCCCCCCCCCCC(=O)OCCCC.[H-].[H-].[Mg+2]. The number of unbranched alkanes of at least 4 members (excludes halogenated alkanes) is 15. The quantitative estimate of drug-likeness (QED) is 0.135. The molecule has 0 saturated carbocycles. The van der Waals surface area contributed by atoms with Crippen molar-refractivity contribution in [1.82, 2.24) is 0 Å². The largest absolute Gasteiger partial charge is 2.00 e. The summed E-state index contributed by atoms with van der Waals surface area (Å²) in [5, 5.41) is 0. The van der Waals surface area contributed by atoms with Crippen molar-refractivity contribution in [1.29, 1.82) is 0 Å². The van der Waals surface area contributed by atoms with Crippen molar-refractivity contribution in [3.63, 3.8) is 0 Å². The van der Waals surface area contributed by atoms with Gasteiger partial charge in [-0.25, -0.2) is 0 Å². The summed E-state index contributed by atoms with van der Waals surface area (Å²) < 4.78 is 5.16. The first-order valence-corrected chi connectivity index (χ1v) is 11.0. The van der Waals surface area contributed by atoms with Gasteiger partial charge < -0.3 is 7.59 Å².